The number of nitrogens with one attached hydrogen (secondary N) is 1. The number of carbonyl (C=O) groups excluding carboxylic acids is 3. The third kappa shape index (κ3) is 2.77. The number of thiophene rings is 1. The fourth-order valence-corrected chi connectivity index (χ4v) is 5.71. The Morgan fingerprint density at radius 2 is 1.65 bits per heavy atom. The van der Waals surface area contributed by atoms with Gasteiger partial charge >= 0.3 is 5.97 Å². The van der Waals surface area contributed by atoms with Crippen LogP contribution in [0.25, 0.3) is 0 Å². The van der Waals surface area contributed by atoms with Gasteiger partial charge in [0, 0.05) is 4.88 Å². The Bertz CT molecular complexity index is 1130. The number of imide groups is 1. The van der Waals surface area contributed by atoms with Crippen molar-refractivity contribution in [3.05, 3.63) is 88.6 Å². The Kier molecular flexibility index (Phi) is 4.72. The van der Waals surface area contributed by atoms with Crippen LogP contribution in [0.3, 0.4) is 0 Å². The van der Waals surface area contributed by atoms with E-state index in [2.05, 4.69) is 5.32 Å². The molecule has 3 aromatic rings. The van der Waals surface area contributed by atoms with Crippen LogP contribution < -0.4 is 10.2 Å². The maximum Gasteiger partial charge on any atom is 0.331 e. The minimum atomic E-state index is -1.47. The molecule has 3 heterocycles. The lowest BCUT2D eigenvalue weighted by Crippen LogP contribution is -2.53. The molecule has 6 nitrogen and oxygen atoms in total. The molecule has 4 atom stereocenters. The average molecular weight is 433 g/mol. The van der Waals surface area contributed by atoms with Crippen LogP contribution in [0.4, 0.5) is 5.69 Å². The second-order valence-electron chi connectivity index (χ2n) is 7.65. The average Bonchev–Trinajstić information content (AvgIpc) is 3.51. The van der Waals surface area contributed by atoms with Crippen molar-refractivity contribution in [3.63, 3.8) is 0 Å². The first-order valence-electron chi connectivity index (χ1n) is 9.97. The summed E-state index contributed by atoms with van der Waals surface area (Å²) in [7, 11) is 1.30. The lowest BCUT2D eigenvalue weighted by atomic mass is 9.75. The molecule has 1 aromatic heterocycles. The molecular formula is C24H20N2O4S. The standard InChI is InChI=1S/C24H20N2O4S/c1-30-23(29)24(15-9-4-2-5-10-15)19-18(20(25-24)17-13-8-14-31-17)21(27)26(22(19)28)16-11-6-3-7-12-16/h2-14,18-20,25H,1H3/t18-,19-,20-,24-/m1/s1. The fourth-order valence-electron chi connectivity index (χ4n) is 4.88. The van der Waals surface area contributed by atoms with Crippen molar-refractivity contribution in [3.8, 4) is 0 Å². The van der Waals surface area contributed by atoms with E-state index in [4.69, 9.17) is 4.74 Å². The summed E-state index contributed by atoms with van der Waals surface area (Å²) in [4.78, 5) is 42.9. The van der Waals surface area contributed by atoms with Gasteiger partial charge in [-0.05, 0) is 29.1 Å². The summed E-state index contributed by atoms with van der Waals surface area (Å²) in [6.45, 7) is 0. The highest BCUT2D eigenvalue weighted by Crippen LogP contribution is 2.54. The molecule has 0 unspecified atom stereocenters. The van der Waals surface area contributed by atoms with Crippen molar-refractivity contribution in [2.45, 2.75) is 11.6 Å². The number of carbonyl (C=O) groups is 3. The number of hydrogen-bond acceptors (Lipinski definition) is 6. The van der Waals surface area contributed by atoms with Crippen molar-refractivity contribution < 1.29 is 19.1 Å². The van der Waals surface area contributed by atoms with Crippen LogP contribution >= 0.6 is 11.3 Å². The minimum Gasteiger partial charge on any atom is -0.467 e. The Hall–Kier alpha value is -3.29. The number of amides is 2. The zero-order chi connectivity index (χ0) is 21.6. The smallest absolute Gasteiger partial charge is 0.331 e. The summed E-state index contributed by atoms with van der Waals surface area (Å²) < 4.78 is 5.21. The van der Waals surface area contributed by atoms with Crippen LogP contribution in [0.15, 0.2) is 78.2 Å². The highest BCUT2D eigenvalue weighted by molar-refractivity contribution is 7.10. The van der Waals surface area contributed by atoms with E-state index < -0.39 is 35.3 Å². The van der Waals surface area contributed by atoms with Gasteiger partial charge in [0.1, 0.15) is 0 Å². The van der Waals surface area contributed by atoms with Crippen LogP contribution in [0.2, 0.25) is 0 Å². The van der Waals surface area contributed by atoms with Crippen LogP contribution in [-0.2, 0) is 24.7 Å². The summed E-state index contributed by atoms with van der Waals surface area (Å²) in [6.07, 6.45) is 0. The Morgan fingerprint density at radius 1 is 0.968 bits per heavy atom. The summed E-state index contributed by atoms with van der Waals surface area (Å²) in [5.41, 5.74) is -0.360. The van der Waals surface area contributed by atoms with Crippen LogP contribution in [0, 0.1) is 11.8 Å². The van der Waals surface area contributed by atoms with Crippen molar-refractivity contribution in [1.29, 1.82) is 0 Å². The van der Waals surface area contributed by atoms with Crippen LogP contribution in [0.5, 0.6) is 0 Å². The summed E-state index contributed by atoms with van der Waals surface area (Å²) in [5.74, 6) is -2.95. The lowest BCUT2D eigenvalue weighted by Gasteiger charge is -2.32. The zero-order valence-corrected chi connectivity index (χ0v) is 17.5. The summed E-state index contributed by atoms with van der Waals surface area (Å²) >= 11 is 1.49. The lowest BCUT2D eigenvalue weighted by molar-refractivity contribution is -0.152. The molecule has 5 rings (SSSR count). The van der Waals surface area contributed by atoms with Crippen molar-refractivity contribution >= 4 is 34.8 Å². The monoisotopic (exact) mass is 432 g/mol. The second-order valence-corrected chi connectivity index (χ2v) is 8.63. The molecule has 1 N–H and O–H groups in total. The number of nitrogens with zero attached hydrogens (tertiary/aromatic N) is 1. The molecule has 0 radical (unpaired) electrons. The fraction of sp³-hybridized carbons (Fsp3) is 0.208. The highest BCUT2D eigenvalue weighted by Gasteiger charge is 2.69. The largest absolute Gasteiger partial charge is 0.467 e. The van der Waals surface area contributed by atoms with Crippen molar-refractivity contribution in [2.75, 3.05) is 12.0 Å². The van der Waals surface area contributed by atoms with E-state index in [1.807, 2.05) is 41.8 Å². The Morgan fingerprint density at radius 3 is 2.26 bits per heavy atom. The molecule has 7 heteroatoms. The predicted molar refractivity (Wildman–Crippen MR) is 116 cm³/mol. The first-order valence-corrected chi connectivity index (χ1v) is 10.9. The van der Waals surface area contributed by atoms with Crippen molar-refractivity contribution in [1.82, 2.24) is 5.32 Å². The number of anilines is 1. The van der Waals surface area contributed by atoms with Gasteiger partial charge in [-0.15, -0.1) is 11.3 Å². The molecular weight excluding hydrogens is 412 g/mol. The molecule has 0 bridgehead atoms. The van der Waals surface area contributed by atoms with E-state index in [0.717, 1.165) is 4.88 Å². The SMILES string of the molecule is COC(=O)[C@]1(c2ccccc2)N[C@H](c2cccs2)[C@@H]2C(=O)N(c3ccccc3)C(=O)[C@@H]21. The van der Waals surface area contributed by atoms with E-state index in [1.54, 1.807) is 36.4 Å². The number of para-hydroxylation sites is 1. The van der Waals surface area contributed by atoms with Gasteiger partial charge in [0.2, 0.25) is 11.8 Å². The number of ether oxygens (including phenoxy) is 1. The second kappa shape index (κ2) is 7.44. The first-order chi connectivity index (χ1) is 15.1. The topological polar surface area (TPSA) is 75.7 Å². The molecule has 2 saturated heterocycles. The van der Waals surface area contributed by atoms with Crippen LogP contribution in [-0.4, -0.2) is 24.9 Å². The predicted octanol–water partition coefficient (Wildman–Crippen LogP) is 3.27. The molecule has 0 saturated carbocycles. The number of hydrogen-bond donors (Lipinski definition) is 1. The third-order valence-electron chi connectivity index (χ3n) is 6.16. The molecule has 0 aliphatic carbocycles. The molecule has 0 spiro atoms. The number of fused-ring (bicyclic) bond motifs is 1. The number of esters is 1. The van der Waals surface area contributed by atoms with Gasteiger partial charge in [-0.3, -0.25) is 14.9 Å². The van der Waals surface area contributed by atoms with E-state index in [1.165, 1.54) is 23.3 Å². The first kappa shape index (κ1) is 19.7. The summed E-state index contributed by atoms with van der Waals surface area (Å²) in [6, 6.07) is 21.2. The number of rotatable bonds is 4. The molecule has 31 heavy (non-hydrogen) atoms. The van der Waals surface area contributed by atoms with E-state index in [-0.39, 0.29) is 5.91 Å². The number of methoxy groups -OCH3 is 1. The van der Waals surface area contributed by atoms with Gasteiger partial charge in [0.15, 0.2) is 5.54 Å². The quantitative estimate of drug-likeness (QED) is 0.506. The van der Waals surface area contributed by atoms with Crippen molar-refractivity contribution in [2.24, 2.45) is 11.8 Å². The normalized spacial score (nSPS) is 27.4. The van der Waals surface area contributed by atoms with E-state index in [9.17, 15) is 14.4 Å². The Balaban J connectivity index is 1.73. The number of benzene rings is 2. The van der Waals surface area contributed by atoms with Gasteiger partial charge < -0.3 is 4.74 Å². The van der Waals surface area contributed by atoms with E-state index >= 15 is 0 Å². The van der Waals surface area contributed by atoms with Gasteiger partial charge in [-0.25, -0.2) is 9.69 Å². The third-order valence-corrected chi connectivity index (χ3v) is 7.12. The maximum absolute atomic E-state index is 13.8. The van der Waals surface area contributed by atoms with Gasteiger partial charge in [-0.1, -0.05) is 54.6 Å². The molecule has 2 fully saturated rings. The molecule has 2 aromatic carbocycles. The van der Waals surface area contributed by atoms with Gasteiger partial charge in [0.05, 0.1) is 30.7 Å². The van der Waals surface area contributed by atoms with E-state index in [0.29, 0.717) is 11.3 Å². The molecule has 156 valence electrons. The highest BCUT2D eigenvalue weighted by atomic mass is 32.1. The summed E-state index contributed by atoms with van der Waals surface area (Å²) in [5, 5.41) is 5.30. The van der Waals surface area contributed by atoms with Crippen LogP contribution in [0.1, 0.15) is 16.5 Å². The van der Waals surface area contributed by atoms with Gasteiger partial charge in [-0.2, -0.15) is 0 Å². The maximum atomic E-state index is 13.8. The molecule has 2 amide bonds. The zero-order valence-electron chi connectivity index (χ0n) is 16.7. The molecule has 2 aliphatic heterocycles. The Labute approximate surface area is 183 Å². The van der Waals surface area contributed by atoms with Gasteiger partial charge in [0.25, 0.3) is 0 Å². The minimum absolute atomic E-state index is 0.311. The molecule has 2 aliphatic rings.